The summed E-state index contributed by atoms with van der Waals surface area (Å²) in [7, 11) is 0. The van der Waals surface area contributed by atoms with Crippen molar-refractivity contribution in [2.45, 2.75) is 104 Å². The summed E-state index contributed by atoms with van der Waals surface area (Å²) in [5, 5.41) is 3.12. The number of amides is 1. The fourth-order valence-electron chi connectivity index (χ4n) is 6.62. The van der Waals surface area contributed by atoms with Crippen molar-refractivity contribution in [2.75, 3.05) is 6.54 Å². The topological polar surface area (TPSA) is 38.3 Å². The van der Waals surface area contributed by atoms with Crippen molar-refractivity contribution in [1.29, 1.82) is 0 Å². The van der Waals surface area contributed by atoms with E-state index in [-0.39, 0.29) is 16.9 Å². The number of rotatable bonds is 3. The summed E-state index contributed by atoms with van der Waals surface area (Å²) in [5.74, 6) is 2.28. The van der Waals surface area contributed by atoms with Crippen LogP contribution >= 0.6 is 0 Å². The van der Waals surface area contributed by atoms with E-state index >= 15 is 0 Å². The van der Waals surface area contributed by atoms with Crippen LogP contribution < -0.4 is 5.32 Å². The molecular weight excluding hydrogens is 370 g/mol. The van der Waals surface area contributed by atoms with E-state index in [4.69, 9.17) is 4.74 Å². The summed E-state index contributed by atoms with van der Waals surface area (Å²) < 4.78 is 5.52. The van der Waals surface area contributed by atoms with Crippen molar-refractivity contribution in [2.24, 2.45) is 17.3 Å². The minimum absolute atomic E-state index is 0.0615. The number of hydrogen-bond donors (Lipinski definition) is 1. The molecule has 3 nitrogen and oxygen atoms in total. The second kappa shape index (κ2) is 7.88. The normalized spacial score (nSPS) is 33.6. The van der Waals surface area contributed by atoms with Crippen LogP contribution in [0.5, 0.6) is 0 Å². The van der Waals surface area contributed by atoms with Crippen molar-refractivity contribution < 1.29 is 9.53 Å². The van der Waals surface area contributed by atoms with Crippen molar-refractivity contribution in [3.05, 3.63) is 34.9 Å². The van der Waals surface area contributed by atoms with Gasteiger partial charge in [-0.25, -0.2) is 4.79 Å². The van der Waals surface area contributed by atoms with Crippen LogP contribution in [-0.4, -0.2) is 18.2 Å². The molecule has 0 aliphatic heterocycles. The Kier molecular flexibility index (Phi) is 6.08. The predicted octanol–water partition coefficient (Wildman–Crippen LogP) is 7.15. The average Bonchev–Trinajstić information content (AvgIpc) is 2.60. The molecule has 1 fully saturated rings. The predicted molar refractivity (Wildman–Crippen MR) is 125 cm³/mol. The highest BCUT2D eigenvalue weighted by Crippen LogP contribution is 2.60. The molecule has 30 heavy (non-hydrogen) atoms. The Morgan fingerprint density at radius 3 is 2.47 bits per heavy atom. The van der Waals surface area contributed by atoms with E-state index < -0.39 is 5.60 Å². The molecule has 0 heterocycles. The first-order valence-electron chi connectivity index (χ1n) is 11.9. The molecule has 3 heteroatoms. The Hall–Kier alpha value is -1.51. The van der Waals surface area contributed by atoms with Crippen LogP contribution in [0.1, 0.15) is 110 Å². The van der Waals surface area contributed by atoms with E-state index in [0.29, 0.717) is 30.2 Å². The molecule has 0 saturated heterocycles. The van der Waals surface area contributed by atoms with Gasteiger partial charge in [-0.1, -0.05) is 59.7 Å². The van der Waals surface area contributed by atoms with Crippen LogP contribution in [0.2, 0.25) is 0 Å². The lowest BCUT2D eigenvalue weighted by atomic mass is 9.46. The highest BCUT2D eigenvalue weighted by Gasteiger charge is 2.54. The van der Waals surface area contributed by atoms with E-state index in [1.165, 1.54) is 18.4 Å². The van der Waals surface area contributed by atoms with Gasteiger partial charge in [0, 0.05) is 6.54 Å². The standard InChI is InChI=1S/C27H43NO2/c1-17(2)20-10-11-22-21(13-20)19(4)12-23-26(8,14-18(3)15-27(22,23)9)16-28-24(29)30-25(5,6)7/h10-11,13,17-19,23H,12,14-16H2,1-9H3,(H,28,29). The lowest BCUT2D eigenvalue weighted by Crippen LogP contribution is -2.55. The van der Waals surface area contributed by atoms with Gasteiger partial charge in [0.1, 0.15) is 5.60 Å². The fourth-order valence-corrected chi connectivity index (χ4v) is 6.62. The lowest BCUT2D eigenvalue weighted by molar-refractivity contribution is -0.00961. The monoisotopic (exact) mass is 413 g/mol. The summed E-state index contributed by atoms with van der Waals surface area (Å²) in [5.41, 5.74) is 4.29. The molecule has 2 aliphatic rings. The van der Waals surface area contributed by atoms with Gasteiger partial charge < -0.3 is 10.1 Å². The number of nitrogens with one attached hydrogen (secondary N) is 1. The Morgan fingerprint density at radius 1 is 1.20 bits per heavy atom. The molecule has 5 atom stereocenters. The summed E-state index contributed by atoms with van der Waals surface area (Å²) in [6.45, 7) is 20.6. The molecule has 2 aliphatic carbocycles. The second-order valence-corrected chi connectivity index (χ2v) is 12.1. The Bertz CT molecular complexity index is 793. The smallest absolute Gasteiger partial charge is 0.407 e. The molecule has 168 valence electrons. The van der Waals surface area contributed by atoms with Gasteiger partial charge in [-0.05, 0) is 91.2 Å². The number of hydrogen-bond acceptors (Lipinski definition) is 2. The maximum atomic E-state index is 12.4. The van der Waals surface area contributed by atoms with Crippen LogP contribution in [0, 0.1) is 17.3 Å². The van der Waals surface area contributed by atoms with Crippen LogP contribution in [-0.2, 0) is 10.2 Å². The van der Waals surface area contributed by atoms with Crippen LogP contribution in [0.25, 0.3) is 0 Å². The number of fused-ring (bicyclic) bond motifs is 3. The summed E-state index contributed by atoms with van der Waals surface area (Å²) >= 11 is 0. The highest BCUT2D eigenvalue weighted by atomic mass is 16.6. The van der Waals surface area contributed by atoms with Gasteiger partial charge >= 0.3 is 6.09 Å². The lowest BCUT2D eigenvalue weighted by Gasteiger charge is -2.58. The summed E-state index contributed by atoms with van der Waals surface area (Å²) in [6.07, 6.45) is 3.26. The molecule has 5 unspecified atom stereocenters. The fraction of sp³-hybridized carbons (Fsp3) is 0.741. The minimum Gasteiger partial charge on any atom is -0.444 e. The molecule has 0 radical (unpaired) electrons. The molecule has 1 aromatic carbocycles. The van der Waals surface area contributed by atoms with Crippen molar-refractivity contribution in [3.63, 3.8) is 0 Å². The third-order valence-corrected chi connectivity index (χ3v) is 7.71. The first-order valence-corrected chi connectivity index (χ1v) is 11.9. The van der Waals surface area contributed by atoms with E-state index in [9.17, 15) is 4.79 Å². The van der Waals surface area contributed by atoms with Gasteiger partial charge in [0.05, 0.1) is 0 Å². The first kappa shape index (κ1) is 23.2. The van der Waals surface area contributed by atoms with Crippen molar-refractivity contribution in [1.82, 2.24) is 5.32 Å². The van der Waals surface area contributed by atoms with E-state index in [2.05, 4.69) is 65.1 Å². The van der Waals surface area contributed by atoms with Gasteiger partial charge in [-0.2, -0.15) is 0 Å². The maximum Gasteiger partial charge on any atom is 0.407 e. The molecule has 1 saturated carbocycles. The summed E-state index contributed by atoms with van der Waals surface area (Å²) in [6, 6.07) is 7.24. The number of benzene rings is 1. The molecule has 1 N–H and O–H groups in total. The van der Waals surface area contributed by atoms with Crippen molar-refractivity contribution >= 4 is 6.09 Å². The van der Waals surface area contributed by atoms with Crippen LogP contribution in [0.4, 0.5) is 4.79 Å². The van der Waals surface area contributed by atoms with Crippen molar-refractivity contribution in [3.8, 4) is 0 Å². The molecule has 3 rings (SSSR count). The molecule has 0 bridgehead atoms. The van der Waals surface area contributed by atoms with Crippen LogP contribution in [0.15, 0.2) is 18.2 Å². The van der Waals surface area contributed by atoms with Gasteiger partial charge in [0.2, 0.25) is 0 Å². The van der Waals surface area contributed by atoms with Crippen LogP contribution in [0.3, 0.4) is 0 Å². The zero-order chi connectivity index (χ0) is 22.5. The molecular formula is C27H43NO2. The Morgan fingerprint density at radius 2 is 1.87 bits per heavy atom. The highest BCUT2D eigenvalue weighted by molar-refractivity contribution is 5.67. The number of alkyl carbamates (subject to hydrolysis) is 1. The third-order valence-electron chi connectivity index (χ3n) is 7.71. The quantitative estimate of drug-likeness (QED) is 0.571. The average molecular weight is 414 g/mol. The minimum atomic E-state index is -0.466. The summed E-state index contributed by atoms with van der Waals surface area (Å²) in [4.78, 5) is 12.4. The van der Waals surface area contributed by atoms with Gasteiger partial charge in [0.15, 0.2) is 0 Å². The molecule has 0 aromatic heterocycles. The van der Waals surface area contributed by atoms with E-state index in [1.807, 2.05) is 20.8 Å². The maximum absolute atomic E-state index is 12.4. The molecule has 1 aromatic rings. The SMILES string of the molecule is CC1CC(C)(CNC(=O)OC(C)(C)C)C2CC(C)c3cc(C(C)C)ccc3C2(C)C1. The zero-order valence-corrected chi connectivity index (χ0v) is 20.7. The zero-order valence-electron chi connectivity index (χ0n) is 20.7. The Balaban J connectivity index is 1.92. The largest absolute Gasteiger partial charge is 0.444 e. The number of carbonyl (C=O) groups excluding carboxylic acids is 1. The van der Waals surface area contributed by atoms with E-state index in [0.717, 1.165) is 6.42 Å². The third kappa shape index (κ3) is 4.41. The first-order chi connectivity index (χ1) is 13.7. The second-order valence-electron chi connectivity index (χ2n) is 12.1. The number of ether oxygens (including phenoxy) is 1. The molecule has 1 amide bonds. The van der Waals surface area contributed by atoms with E-state index in [1.54, 1.807) is 11.1 Å². The van der Waals surface area contributed by atoms with Gasteiger partial charge in [-0.3, -0.25) is 0 Å². The Labute approximate surface area is 184 Å². The van der Waals surface area contributed by atoms with Gasteiger partial charge in [-0.15, -0.1) is 0 Å². The molecule has 0 spiro atoms. The van der Waals surface area contributed by atoms with Gasteiger partial charge in [0.25, 0.3) is 0 Å². The number of carbonyl (C=O) groups is 1.